The van der Waals surface area contributed by atoms with E-state index in [4.69, 9.17) is 4.74 Å². The first-order valence-electron chi connectivity index (χ1n) is 12.8. The van der Waals surface area contributed by atoms with E-state index in [2.05, 4.69) is 26.9 Å². The Morgan fingerprint density at radius 2 is 1.78 bits per heavy atom. The fourth-order valence-electron chi connectivity index (χ4n) is 4.58. The fraction of sp³-hybridized carbons (Fsp3) is 0.429. The van der Waals surface area contributed by atoms with Gasteiger partial charge in [-0.2, -0.15) is 0 Å². The summed E-state index contributed by atoms with van der Waals surface area (Å²) in [6, 6.07) is 18.2. The summed E-state index contributed by atoms with van der Waals surface area (Å²) in [5.41, 5.74) is 2.14. The van der Waals surface area contributed by atoms with Gasteiger partial charge in [-0.15, -0.1) is 10.2 Å². The summed E-state index contributed by atoms with van der Waals surface area (Å²) in [7, 11) is 1.66. The maximum atomic E-state index is 12.8. The zero-order valence-electron chi connectivity index (χ0n) is 21.8. The van der Waals surface area contributed by atoms with Crippen LogP contribution in [-0.2, 0) is 16.0 Å². The molecule has 1 aromatic heterocycles. The molecule has 9 heteroatoms. The van der Waals surface area contributed by atoms with E-state index < -0.39 is 0 Å². The highest BCUT2D eigenvalue weighted by Crippen LogP contribution is 2.26. The lowest BCUT2D eigenvalue weighted by atomic mass is 10.1. The zero-order chi connectivity index (χ0) is 26.2. The second-order valence-corrected chi connectivity index (χ2v) is 10.2. The minimum Gasteiger partial charge on any atom is -0.497 e. The number of carbonyl (C=O) groups excluding carboxylic acids is 2. The van der Waals surface area contributed by atoms with Gasteiger partial charge in [0.1, 0.15) is 11.6 Å². The standard InChI is InChI=1S/C28H35N5O3S/c1-4-26(34)32-17-16-31(20-21(32)2)27(35)11-8-18-37-28-30-29-25(19-22-9-6-5-7-10-22)33(28)23-12-14-24(36-3)15-13-23/h5-7,9-10,12-15,21H,4,8,11,16-20H2,1-3H3. The van der Waals surface area contributed by atoms with Gasteiger partial charge in [-0.3, -0.25) is 14.2 Å². The number of hydrogen-bond donors (Lipinski definition) is 0. The number of nitrogens with zero attached hydrogens (tertiary/aromatic N) is 5. The maximum absolute atomic E-state index is 12.8. The van der Waals surface area contributed by atoms with Crippen molar-refractivity contribution in [2.75, 3.05) is 32.5 Å². The average molecular weight is 522 g/mol. The van der Waals surface area contributed by atoms with E-state index in [0.29, 0.717) is 38.9 Å². The molecule has 1 atom stereocenters. The molecule has 2 heterocycles. The molecule has 1 saturated heterocycles. The predicted molar refractivity (Wildman–Crippen MR) is 145 cm³/mol. The van der Waals surface area contributed by atoms with Crippen molar-refractivity contribution < 1.29 is 14.3 Å². The van der Waals surface area contributed by atoms with Crippen molar-refractivity contribution in [2.24, 2.45) is 0 Å². The molecule has 0 bridgehead atoms. The molecule has 0 N–H and O–H groups in total. The number of aromatic nitrogens is 3. The van der Waals surface area contributed by atoms with Gasteiger partial charge >= 0.3 is 0 Å². The van der Waals surface area contributed by atoms with E-state index in [9.17, 15) is 9.59 Å². The third-order valence-corrected chi connectivity index (χ3v) is 7.62. The molecule has 3 aromatic rings. The van der Waals surface area contributed by atoms with Gasteiger partial charge < -0.3 is 14.5 Å². The molecule has 0 radical (unpaired) electrons. The van der Waals surface area contributed by atoms with Crippen LogP contribution in [0, 0.1) is 0 Å². The SMILES string of the molecule is CCC(=O)N1CCN(C(=O)CCCSc2nnc(Cc3ccccc3)n2-c2ccc(OC)cc2)CC1C. The molecule has 0 aliphatic carbocycles. The van der Waals surface area contributed by atoms with E-state index in [1.54, 1.807) is 18.9 Å². The average Bonchev–Trinajstić information content (AvgIpc) is 3.33. The first-order valence-corrected chi connectivity index (χ1v) is 13.8. The summed E-state index contributed by atoms with van der Waals surface area (Å²) >= 11 is 1.61. The highest BCUT2D eigenvalue weighted by atomic mass is 32.2. The topological polar surface area (TPSA) is 80.6 Å². The molecule has 1 aliphatic heterocycles. The largest absolute Gasteiger partial charge is 0.497 e. The minimum atomic E-state index is 0.0607. The second-order valence-electron chi connectivity index (χ2n) is 9.18. The molecule has 8 nitrogen and oxygen atoms in total. The molecule has 2 aromatic carbocycles. The van der Waals surface area contributed by atoms with E-state index in [1.165, 1.54) is 5.56 Å². The van der Waals surface area contributed by atoms with Gasteiger partial charge in [-0.25, -0.2) is 0 Å². The van der Waals surface area contributed by atoms with Crippen LogP contribution in [0.15, 0.2) is 59.8 Å². The van der Waals surface area contributed by atoms with E-state index in [0.717, 1.165) is 34.6 Å². The molecule has 2 amide bonds. The van der Waals surface area contributed by atoms with Crippen molar-refractivity contribution in [3.8, 4) is 11.4 Å². The Bertz CT molecular complexity index is 1180. The fourth-order valence-corrected chi connectivity index (χ4v) is 5.49. The Labute approximate surface area is 223 Å². The number of amides is 2. The summed E-state index contributed by atoms with van der Waals surface area (Å²) < 4.78 is 7.41. The van der Waals surface area contributed by atoms with E-state index in [-0.39, 0.29) is 17.9 Å². The summed E-state index contributed by atoms with van der Waals surface area (Å²) in [5, 5.41) is 9.81. The monoisotopic (exact) mass is 521 g/mol. The van der Waals surface area contributed by atoms with Crippen LogP contribution in [0.25, 0.3) is 5.69 Å². The predicted octanol–water partition coefficient (Wildman–Crippen LogP) is 4.21. The number of rotatable bonds is 10. The summed E-state index contributed by atoms with van der Waals surface area (Å²) in [6.45, 7) is 5.72. The third-order valence-electron chi connectivity index (χ3n) is 6.61. The van der Waals surface area contributed by atoms with Crippen molar-refractivity contribution >= 4 is 23.6 Å². The number of carbonyl (C=O) groups is 2. The molecule has 1 unspecified atom stereocenters. The van der Waals surface area contributed by atoms with Crippen LogP contribution in [0.2, 0.25) is 0 Å². The molecular weight excluding hydrogens is 486 g/mol. The lowest BCUT2D eigenvalue weighted by Gasteiger charge is -2.40. The van der Waals surface area contributed by atoms with Gasteiger partial charge in [-0.1, -0.05) is 49.0 Å². The first-order chi connectivity index (χ1) is 18.0. The van der Waals surface area contributed by atoms with E-state index in [1.807, 2.05) is 66.1 Å². The highest BCUT2D eigenvalue weighted by Gasteiger charge is 2.28. The molecule has 0 saturated carbocycles. The Kier molecular flexibility index (Phi) is 9.22. The number of ether oxygens (including phenoxy) is 1. The van der Waals surface area contributed by atoms with Gasteiger partial charge in [0.15, 0.2) is 5.16 Å². The Balaban J connectivity index is 1.37. The minimum absolute atomic E-state index is 0.0607. The van der Waals surface area contributed by atoms with Crippen LogP contribution in [0.3, 0.4) is 0 Å². The van der Waals surface area contributed by atoms with Crippen molar-refractivity contribution in [2.45, 2.75) is 50.7 Å². The second kappa shape index (κ2) is 12.8. The number of thioether (sulfide) groups is 1. The Hall–Kier alpha value is -3.33. The Morgan fingerprint density at radius 3 is 2.46 bits per heavy atom. The summed E-state index contributed by atoms with van der Waals surface area (Å²) in [4.78, 5) is 28.7. The van der Waals surface area contributed by atoms with Crippen LogP contribution < -0.4 is 4.74 Å². The number of piperazine rings is 1. The summed E-state index contributed by atoms with van der Waals surface area (Å²) in [6.07, 6.45) is 2.40. The van der Waals surface area contributed by atoms with Gasteiger partial charge in [0.05, 0.1) is 7.11 Å². The van der Waals surface area contributed by atoms with Crippen LogP contribution in [0.4, 0.5) is 0 Å². The number of hydrogen-bond acceptors (Lipinski definition) is 6. The smallest absolute Gasteiger partial charge is 0.222 e. The molecule has 1 fully saturated rings. The summed E-state index contributed by atoms with van der Waals surface area (Å²) in [5.74, 6) is 2.72. The maximum Gasteiger partial charge on any atom is 0.222 e. The molecule has 1 aliphatic rings. The number of methoxy groups -OCH3 is 1. The lowest BCUT2D eigenvalue weighted by molar-refractivity contribution is -0.142. The van der Waals surface area contributed by atoms with Crippen LogP contribution in [0.1, 0.15) is 44.5 Å². The number of benzene rings is 2. The van der Waals surface area contributed by atoms with Crippen LogP contribution in [-0.4, -0.2) is 74.9 Å². The Morgan fingerprint density at radius 1 is 1.03 bits per heavy atom. The van der Waals surface area contributed by atoms with Gasteiger partial charge in [0.2, 0.25) is 11.8 Å². The van der Waals surface area contributed by atoms with Gasteiger partial charge in [0.25, 0.3) is 0 Å². The van der Waals surface area contributed by atoms with Crippen molar-refractivity contribution in [1.29, 1.82) is 0 Å². The van der Waals surface area contributed by atoms with E-state index >= 15 is 0 Å². The molecule has 0 spiro atoms. The van der Waals surface area contributed by atoms with Gasteiger partial charge in [-0.05, 0) is 43.2 Å². The van der Waals surface area contributed by atoms with Crippen LogP contribution >= 0.6 is 11.8 Å². The van der Waals surface area contributed by atoms with Crippen molar-refractivity contribution in [1.82, 2.24) is 24.6 Å². The molecular formula is C28H35N5O3S. The zero-order valence-corrected chi connectivity index (χ0v) is 22.6. The van der Waals surface area contributed by atoms with Crippen LogP contribution in [0.5, 0.6) is 5.75 Å². The lowest BCUT2D eigenvalue weighted by Crippen LogP contribution is -2.55. The quantitative estimate of drug-likeness (QED) is 0.294. The molecule has 4 rings (SSSR count). The van der Waals surface area contributed by atoms with Gasteiger partial charge in [0, 0.05) is 56.4 Å². The molecule has 37 heavy (non-hydrogen) atoms. The molecule has 196 valence electrons. The van der Waals surface area contributed by atoms with Crippen molar-refractivity contribution in [3.05, 3.63) is 66.0 Å². The normalized spacial score (nSPS) is 15.6. The third kappa shape index (κ3) is 6.71. The highest BCUT2D eigenvalue weighted by molar-refractivity contribution is 7.99. The first kappa shape index (κ1) is 26.7. The van der Waals surface area contributed by atoms with Crippen molar-refractivity contribution in [3.63, 3.8) is 0 Å².